The Morgan fingerprint density at radius 1 is 1.35 bits per heavy atom. The summed E-state index contributed by atoms with van der Waals surface area (Å²) < 4.78 is 0. The second-order valence-electron chi connectivity index (χ2n) is 5.97. The second-order valence-corrected chi connectivity index (χ2v) is 6.41. The quantitative estimate of drug-likeness (QED) is 0.902. The van der Waals surface area contributed by atoms with Gasteiger partial charge in [-0.25, -0.2) is 0 Å². The number of hydrogen-bond donors (Lipinski definition) is 1. The summed E-state index contributed by atoms with van der Waals surface area (Å²) >= 11 is 6.07. The molecule has 6 heteroatoms. The normalized spacial score (nSPS) is 18.0. The molecule has 2 heterocycles. The minimum Gasteiger partial charge on any atom is -0.352 e. The molecule has 2 aromatic rings. The van der Waals surface area contributed by atoms with Crippen molar-refractivity contribution < 1.29 is 0 Å². The van der Waals surface area contributed by atoms with Crippen molar-refractivity contribution in [2.75, 3.05) is 16.8 Å². The molecular formula is C17H22ClN5. The van der Waals surface area contributed by atoms with Gasteiger partial charge >= 0.3 is 0 Å². The first-order valence-corrected chi connectivity index (χ1v) is 8.54. The van der Waals surface area contributed by atoms with Gasteiger partial charge in [0.1, 0.15) is 0 Å². The third kappa shape index (κ3) is 3.72. The molecule has 0 saturated carbocycles. The van der Waals surface area contributed by atoms with Crippen molar-refractivity contribution in [3.63, 3.8) is 0 Å². The number of nitrogens with one attached hydrogen (secondary N) is 1. The summed E-state index contributed by atoms with van der Waals surface area (Å²) in [5.74, 6) is 1.40. The van der Waals surface area contributed by atoms with E-state index in [1.54, 1.807) is 6.20 Å². The van der Waals surface area contributed by atoms with Crippen molar-refractivity contribution in [3.05, 3.63) is 35.0 Å². The Hall–Kier alpha value is -1.88. The van der Waals surface area contributed by atoms with Gasteiger partial charge in [-0.2, -0.15) is 10.1 Å². The van der Waals surface area contributed by atoms with Gasteiger partial charge in [-0.15, -0.1) is 5.10 Å². The van der Waals surface area contributed by atoms with Crippen LogP contribution in [0.4, 0.5) is 17.5 Å². The van der Waals surface area contributed by atoms with E-state index < -0.39 is 0 Å². The molecule has 0 radical (unpaired) electrons. The molecule has 23 heavy (non-hydrogen) atoms. The topological polar surface area (TPSA) is 53.9 Å². The molecule has 0 spiro atoms. The van der Waals surface area contributed by atoms with Gasteiger partial charge in [0.05, 0.1) is 6.20 Å². The smallest absolute Gasteiger partial charge is 0.249 e. The molecule has 122 valence electrons. The lowest BCUT2D eigenvalue weighted by molar-refractivity contribution is 0.446. The molecule has 1 N–H and O–H groups in total. The number of hydrogen-bond acceptors (Lipinski definition) is 5. The molecule has 1 atom stereocenters. The fourth-order valence-electron chi connectivity index (χ4n) is 3.06. The van der Waals surface area contributed by atoms with Crippen LogP contribution in [0.3, 0.4) is 0 Å². The Kier molecular flexibility index (Phi) is 4.96. The Bertz CT molecular complexity index is 676. The molecule has 0 bridgehead atoms. The molecule has 1 aliphatic rings. The summed E-state index contributed by atoms with van der Waals surface area (Å²) in [5.41, 5.74) is 2.00. The predicted octanol–water partition coefficient (Wildman–Crippen LogP) is 4.35. The van der Waals surface area contributed by atoms with Crippen LogP contribution in [0, 0.1) is 6.92 Å². The Morgan fingerprint density at radius 3 is 3.04 bits per heavy atom. The van der Waals surface area contributed by atoms with Gasteiger partial charge in [-0.3, -0.25) is 0 Å². The lowest BCUT2D eigenvalue weighted by Crippen LogP contribution is -2.39. The van der Waals surface area contributed by atoms with E-state index in [-0.39, 0.29) is 0 Å². The van der Waals surface area contributed by atoms with Crippen molar-refractivity contribution in [3.8, 4) is 0 Å². The van der Waals surface area contributed by atoms with Gasteiger partial charge in [0, 0.05) is 23.3 Å². The Balaban J connectivity index is 1.83. The van der Waals surface area contributed by atoms with E-state index >= 15 is 0 Å². The third-order valence-corrected chi connectivity index (χ3v) is 4.62. The van der Waals surface area contributed by atoms with Crippen LogP contribution < -0.4 is 10.2 Å². The fourth-order valence-corrected chi connectivity index (χ4v) is 3.23. The van der Waals surface area contributed by atoms with E-state index in [0.29, 0.717) is 17.0 Å². The number of piperidine rings is 1. The van der Waals surface area contributed by atoms with Crippen molar-refractivity contribution in [1.82, 2.24) is 15.2 Å². The number of anilines is 3. The van der Waals surface area contributed by atoms with Gasteiger partial charge in [0.25, 0.3) is 0 Å². The van der Waals surface area contributed by atoms with Crippen LogP contribution in [-0.4, -0.2) is 27.8 Å². The minimum atomic E-state index is 0.508. The van der Waals surface area contributed by atoms with Gasteiger partial charge in [0.2, 0.25) is 5.95 Å². The first kappa shape index (κ1) is 16.0. The zero-order chi connectivity index (χ0) is 16.2. The van der Waals surface area contributed by atoms with Crippen molar-refractivity contribution in [2.24, 2.45) is 0 Å². The van der Waals surface area contributed by atoms with Crippen LogP contribution in [0.25, 0.3) is 0 Å². The number of aryl methyl sites for hydroxylation is 1. The highest BCUT2D eigenvalue weighted by Crippen LogP contribution is 2.26. The highest BCUT2D eigenvalue weighted by atomic mass is 35.5. The molecular weight excluding hydrogens is 310 g/mol. The van der Waals surface area contributed by atoms with Gasteiger partial charge in [0.15, 0.2) is 5.82 Å². The molecule has 0 aliphatic carbocycles. The summed E-state index contributed by atoms with van der Waals surface area (Å²) in [6.07, 6.45) is 6.60. The summed E-state index contributed by atoms with van der Waals surface area (Å²) in [4.78, 5) is 7.01. The molecule has 1 aliphatic heterocycles. The highest BCUT2D eigenvalue weighted by Gasteiger charge is 2.22. The van der Waals surface area contributed by atoms with E-state index in [9.17, 15) is 0 Å². The number of nitrogens with zero attached hydrogens (tertiary/aromatic N) is 4. The lowest BCUT2D eigenvalue weighted by atomic mass is 10.0. The number of halogens is 1. The summed E-state index contributed by atoms with van der Waals surface area (Å²) in [7, 11) is 0. The molecule has 0 amide bonds. The van der Waals surface area contributed by atoms with Crippen LogP contribution in [0.5, 0.6) is 0 Å². The predicted molar refractivity (Wildman–Crippen MR) is 94.6 cm³/mol. The Morgan fingerprint density at radius 2 is 2.22 bits per heavy atom. The maximum absolute atomic E-state index is 6.07. The van der Waals surface area contributed by atoms with Gasteiger partial charge < -0.3 is 10.2 Å². The molecule has 1 saturated heterocycles. The lowest BCUT2D eigenvalue weighted by Gasteiger charge is -2.35. The fraction of sp³-hybridized carbons (Fsp3) is 0.471. The van der Waals surface area contributed by atoms with Gasteiger partial charge in [-0.05, 0) is 50.3 Å². The molecule has 1 unspecified atom stereocenters. The van der Waals surface area contributed by atoms with Crippen LogP contribution in [-0.2, 0) is 0 Å². The minimum absolute atomic E-state index is 0.508. The number of aromatic nitrogens is 3. The highest BCUT2D eigenvalue weighted by molar-refractivity contribution is 6.30. The summed E-state index contributed by atoms with van der Waals surface area (Å²) in [5, 5.41) is 12.2. The van der Waals surface area contributed by atoms with E-state index in [0.717, 1.165) is 30.0 Å². The van der Waals surface area contributed by atoms with E-state index in [1.807, 2.05) is 25.1 Å². The van der Waals surface area contributed by atoms with Crippen molar-refractivity contribution in [1.29, 1.82) is 0 Å². The van der Waals surface area contributed by atoms with Crippen molar-refractivity contribution in [2.45, 2.75) is 45.6 Å². The third-order valence-electron chi connectivity index (χ3n) is 4.38. The standard InChI is InChI=1S/C17H22ClN5/c1-3-14-6-4-5-9-23(14)16-11-19-22-17(21-16)20-15-10-13(18)8-7-12(15)2/h7-8,10-11,14H,3-6,9H2,1-2H3,(H,20,21,22). The van der Waals surface area contributed by atoms with Crippen LogP contribution in [0.15, 0.2) is 24.4 Å². The number of benzene rings is 1. The zero-order valence-electron chi connectivity index (χ0n) is 13.6. The first-order valence-electron chi connectivity index (χ1n) is 8.17. The monoisotopic (exact) mass is 331 g/mol. The van der Waals surface area contributed by atoms with Crippen molar-refractivity contribution >= 4 is 29.1 Å². The SMILES string of the molecule is CCC1CCCCN1c1cnnc(Nc2cc(Cl)ccc2C)n1. The Labute approximate surface area is 142 Å². The van der Waals surface area contributed by atoms with E-state index in [4.69, 9.17) is 11.6 Å². The largest absolute Gasteiger partial charge is 0.352 e. The first-order chi connectivity index (χ1) is 11.2. The summed E-state index contributed by atoms with van der Waals surface area (Å²) in [6.45, 7) is 5.28. The van der Waals surface area contributed by atoms with Crippen LogP contribution in [0.2, 0.25) is 5.02 Å². The average molecular weight is 332 g/mol. The maximum Gasteiger partial charge on any atom is 0.249 e. The van der Waals surface area contributed by atoms with E-state index in [1.165, 1.54) is 19.3 Å². The summed E-state index contributed by atoms with van der Waals surface area (Å²) in [6, 6.07) is 6.26. The molecule has 3 rings (SSSR count). The maximum atomic E-state index is 6.07. The zero-order valence-corrected chi connectivity index (χ0v) is 14.3. The molecule has 1 aromatic carbocycles. The van der Waals surface area contributed by atoms with Gasteiger partial charge in [-0.1, -0.05) is 24.6 Å². The number of rotatable bonds is 4. The average Bonchev–Trinajstić information content (AvgIpc) is 2.58. The molecule has 5 nitrogen and oxygen atoms in total. The van der Waals surface area contributed by atoms with Crippen LogP contribution in [0.1, 0.15) is 38.2 Å². The molecule has 1 fully saturated rings. The second kappa shape index (κ2) is 7.13. The van der Waals surface area contributed by atoms with Crippen LogP contribution >= 0.6 is 11.6 Å². The van der Waals surface area contributed by atoms with E-state index in [2.05, 4.69) is 32.3 Å². The molecule has 1 aromatic heterocycles.